The van der Waals surface area contributed by atoms with Gasteiger partial charge in [-0.1, -0.05) is 24.3 Å². The average Bonchev–Trinajstić information content (AvgIpc) is 2.59. The van der Waals surface area contributed by atoms with Crippen LogP contribution in [0.15, 0.2) is 48.5 Å². The van der Waals surface area contributed by atoms with Crippen molar-refractivity contribution in [2.45, 2.75) is 19.4 Å². The second kappa shape index (κ2) is 12.3. The number of halogens is 3. The predicted molar refractivity (Wildman–Crippen MR) is 110 cm³/mol. The Bertz CT molecular complexity index is 608. The van der Waals surface area contributed by atoms with Crippen molar-refractivity contribution < 1.29 is 9.47 Å². The first-order valence-corrected chi connectivity index (χ1v) is 7.91. The van der Waals surface area contributed by atoms with Crippen LogP contribution in [0.2, 0.25) is 0 Å². The van der Waals surface area contributed by atoms with E-state index in [9.17, 15) is 0 Å². The summed E-state index contributed by atoms with van der Waals surface area (Å²) in [5, 5.41) is 0. The maximum absolute atomic E-state index is 5.78. The molecule has 0 aliphatic carbocycles. The van der Waals surface area contributed by atoms with E-state index in [0.717, 1.165) is 50.6 Å². The van der Waals surface area contributed by atoms with E-state index in [0.29, 0.717) is 0 Å². The van der Waals surface area contributed by atoms with Crippen molar-refractivity contribution in [2.24, 2.45) is 0 Å². The summed E-state index contributed by atoms with van der Waals surface area (Å²) in [6, 6.07) is 16.5. The highest BCUT2D eigenvalue weighted by Gasteiger charge is 2.14. The molecule has 0 spiro atoms. The molecule has 0 bridgehead atoms. The van der Waals surface area contributed by atoms with E-state index >= 15 is 0 Å². The minimum Gasteiger partial charge on any atom is -0.497 e. The smallest absolute Gasteiger partial charge is 0.119 e. The van der Waals surface area contributed by atoms with Gasteiger partial charge in [0.25, 0.3) is 0 Å². The molecule has 6 heteroatoms. The molecular formula is C19H26Cl3NO2. The highest BCUT2D eigenvalue weighted by Crippen LogP contribution is 2.19. The Morgan fingerprint density at radius 3 is 2.20 bits per heavy atom. The Kier molecular flexibility index (Phi) is 11.7. The normalized spacial score (nSPS) is 12.7. The zero-order valence-electron chi connectivity index (χ0n) is 14.3. The minimum atomic E-state index is 0. The Balaban J connectivity index is 0.00000192. The fraction of sp³-hybridized carbons (Fsp3) is 0.368. The van der Waals surface area contributed by atoms with E-state index in [4.69, 9.17) is 9.47 Å². The predicted octanol–water partition coefficient (Wildman–Crippen LogP) is 4.79. The molecule has 0 aromatic heterocycles. The zero-order valence-corrected chi connectivity index (χ0v) is 16.8. The van der Waals surface area contributed by atoms with Gasteiger partial charge in [0.05, 0.1) is 13.7 Å². The van der Waals surface area contributed by atoms with Crippen molar-refractivity contribution in [1.29, 1.82) is 0 Å². The van der Waals surface area contributed by atoms with Crippen LogP contribution < -0.4 is 9.47 Å². The second-order valence-electron chi connectivity index (χ2n) is 5.67. The Labute approximate surface area is 168 Å². The maximum Gasteiger partial charge on any atom is 0.119 e. The molecule has 0 N–H and O–H groups in total. The summed E-state index contributed by atoms with van der Waals surface area (Å²) in [5.74, 6) is 1.77. The standard InChI is InChI=1S/C19H23NO2.3ClH/c1-21-18-7-9-19(10-8-18)22-14-4-12-20-13-11-16-5-2-3-6-17(16)15-20;;;/h2-3,5-10H,4,11-15H2,1H3;3*1H. The summed E-state index contributed by atoms with van der Waals surface area (Å²) in [7, 11) is 1.67. The average molecular weight is 407 g/mol. The summed E-state index contributed by atoms with van der Waals surface area (Å²) >= 11 is 0. The number of nitrogens with zero attached hydrogens (tertiary/aromatic N) is 1. The molecule has 1 heterocycles. The van der Waals surface area contributed by atoms with Gasteiger partial charge in [0.2, 0.25) is 0 Å². The molecule has 2 aromatic carbocycles. The van der Waals surface area contributed by atoms with Crippen molar-refractivity contribution in [3.05, 3.63) is 59.7 Å². The van der Waals surface area contributed by atoms with Gasteiger partial charge in [-0.25, -0.2) is 0 Å². The van der Waals surface area contributed by atoms with Gasteiger partial charge in [-0.05, 0) is 48.2 Å². The van der Waals surface area contributed by atoms with Crippen LogP contribution in [0.3, 0.4) is 0 Å². The number of ether oxygens (including phenoxy) is 2. The van der Waals surface area contributed by atoms with Gasteiger partial charge in [0, 0.05) is 19.6 Å². The number of methoxy groups -OCH3 is 1. The summed E-state index contributed by atoms with van der Waals surface area (Å²) < 4.78 is 10.9. The van der Waals surface area contributed by atoms with Gasteiger partial charge in [-0.15, -0.1) is 37.2 Å². The third kappa shape index (κ3) is 6.95. The third-order valence-corrected chi connectivity index (χ3v) is 4.16. The molecule has 0 saturated carbocycles. The maximum atomic E-state index is 5.78. The van der Waals surface area contributed by atoms with Crippen molar-refractivity contribution >= 4 is 37.2 Å². The number of hydrogen-bond acceptors (Lipinski definition) is 3. The Morgan fingerprint density at radius 2 is 1.52 bits per heavy atom. The number of hydrogen-bond donors (Lipinski definition) is 0. The van der Waals surface area contributed by atoms with Crippen LogP contribution in [0.25, 0.3) is 0 Å². The van der Waals surface area contributed by atoms with E-state index < -0.39 is 0 Å². The van der Waals surface area contributed by atoms with E-state index in [1.807, 2.05) is 24.3 Å². The van der Waals surface area contributed by atoms with Gasteiger partial charge in [-0.3, -0.25) is 4.90 Å². The van der Waals surface area contributed by atoms with Crippen LogP contribution in [-0.4, -0.2) is 31.7 Å². The van der Waals surface area contributed by atoms with E-state index in [2.05, 4.69) is 29.2 Å². The summed E-state index contributed by atoms with van der Waals surface area (Å²) in [6.45, 7) is 4.06. The van der Waals surface area contributed by atoms with Gasteiger partial charge >= 0.3 is 0 Å². The van der Waals surface area contributed by atoms with E-state index in [1.165, 1.54) is 11.1 Å². The van der Waals surface area contributed by atoms with Gasteiger partial charge in [0.15, 0.2) is 0 Å². The minimum absolute atomic E-state index is 0. The zero-order chi connectivity index (χ0) is 15.2. The van der Waals surface area contributed by atoms with Crippen LogP contribution in [0.4, 0.5) is 0 Å². The van der Waals surface area contributed by atoms with E-state index in [1.54, 1.807) is 7.11 Å². The van der Waals surface area contributed by atoms with Gasteiger partial charge in [0.1, 0.15) is 11.5 Å². The summed E-state index contributed by atoms with van der Waals surface area (Å²) in [6.07, 6.45) is 2.21. The third-order valence-electron chi connectivity index (χ3n) is 4.16. The van der Waals surface area contributed by atoms with Gasteiger partial charge < -0.3 is 9.47 Å². The SMILES string of the molecule is COc1ccc(OCCCN2CCc3ccccc3C2)cc1.Cl.Cl.Cl. The summed E-state index contributed by atoms with van der Waals surface area (Å²) in [5.41, 5.74) is 2.98. The molecule has 0 amide bonds. The highest BCUT2D eigenvalue weighted by molar-refractivity contribution is 5.86. The quantitative estimate of drug-likeness (QED) is 0.644. The molecule has 0 atom stereocenters. The lowest BCUT2D eigenvalue weighted by Crippen LogP contribution is -2.31. The van der Waals surface area contributed by atoms with Crippen LogP contribution in [0.5, 0.6) is 11.5 Å². The first-order valence-electron chi connectivity index (χ1n) is 7.91. The van der Waals surface area contributed by atoms with Crippen LogP contribution in [-0.2, 0) is 13.0 Å². The van der Waals surface area contributed by atoms with E-state index in [-0.39, 0.29) is 37.2 Å². The summed E-state index contributed by atoms with van der Waals surface area (Å²) in [4.78, 5) is 2.51. The molecule has 140 valence electrons. The fourth-order valence-electron chi connectivity index (χ4n) is 2.90. The molecule has 1 aliphatic heterocycles. The first kappa shape index (κ1) is 23.9. The molecule has 3 rings (SSSR count). The number of benzene rings is 2. The van der Waals surface area contributed by atoms with Crippen LogP contribution in [0, 0.1) is 0 Å². The number of fused-ring (bicyclic) bond motifs is 1. The van der Waals surface area contributed by atoms with Gasteiger partial charge in [-0.2, -0.15) is 0 Å². The van der Waals surface area contributed by atoms with Crippen LogP contribution >= 0.6 is 37.2 Å². The molecular weight excluding hydrogens is 381 g/mol. The van der Waals surface area contributed by atoms with Crippen molar-refractivity contribution in [3.8, 4) is 11.5 Å². The van der Waals surface area contributed by atoms with Crippen molar-refractivity contribution in [3.63, 3.8) is 0 Å². The molecule has 1 aliphatic rings. The largest absolute Gasteiger partial charge is 0.497 e. The lowest BCUT2D eigenvalue weighted by atomic mass is 10.00. The monoisotopic (exact) mass is 405 g/mol. The Morgan fingerprint density at radius 1 is 0.880 bits per heavy atom. The lowest BCUT2D eigenvalue weighted by Gasteiger charge is -2.28. The Hall–Kier alpha value is -1.13. The van der Waals surface area contributed by atoms with Crippen LogP contribution in [0.1, 0.15) is 17.5 Å². The fourth-order valence-corrected chi connectivity index (χ4v) is 2.90. The molecule has 2 aromatic rings. The molecule has 0 radical (unpaired) electrons. The molecule has 0 saturated heterocycles. The first-order chi connectivity index (χ1) is 10.8. The molecule has 0 unspecified atom stereocenters. The highest BCUT2D eigenvalue weighted by atomic mass is 35.5. The lowest BCUT2D eigenvalue weighted by molar-refractivity contribution is 0.221. The molecule has 25 heavy (non-hydrogen) atoms. The van der Waals surface area contributed by atoms with Crippen molar-refractivity contribution in [1.82, 2.24) is 4.90 Å². The molecule has 0 fully saturated rings. The topological polar surface area (TPSA) is 21.7 Å². The second-order valence-corrected chi connectivity index (χ2v) is 5.67. The number of rotatable bonds is 6. The van der Waals surface area contributed by atoms with Crippen molar-refractivity contribution in [2.75, 3.05) is 26.8 Å². The molecule has 3 nitrogen and oxygen atoms in total.